The molecule has 4 nitrogen and oxygen atoms in total. The minimum atomic E-state index is -3.02. The van der Waals surface area contributed by atoms with E-state index in [1.165, 1.54) is 0 Å². The zero-order valence-electron chi connectivity index (χ0n) is 7.92. The van der Waals surface area contributed by atoms with E-state index >= 15 is 0 Å². The zero-order valence-corrected chi connectivity index (χ0v) is 8.74. The molecule has 2 N–H and O–H groups in total. The van der Waals surface area contributed by atoms with Gasteiger partial charge in [0, 0.05) is 19.1 Å². The number of sulfonamides is 1. The molecule has 0 aliphatic heterocycles. The van der Waals surface area contributed by atoms with Gasteiger partial charge in [0.15, 0.2) is 0 Å². The predicted octanol–water partition coefficient (Wildman–Crippen LogP) is -0.0763. The topological polar surface area (TPSA) is 58.2 Å². The molecule has 0 aliphatic carbocycles. The molecule has 0 aromatic carbocycles. The highest BCUT2D eigenvalue weighted by molar-refractivity contribution is 7.88. The molecule has 12 heavy (non-hydrogen) atoms. The Morgan fingerprint density at radius 2 is 1.92 bits per heavy atom. The first-order valence-corrected chi connectivity index (χ1v) is 6.03. The van der Waals surface area contributed by atoms with Crippen LogP contribution in [-0.2, 0) is 10.0 Å². The monoisotopic (exact) mass is 194 g/mol. The summed E-state index contributed by atoms with van der Waals surface area (Å²) >= 11 is 0. The molecular formula is C7H18N2O2S. The van der Waals surface area contributed by atoms with Crippen LogP contribution >= 0.6 is 0 Å². The van der Waals surface area contributed by atoms with Gasteiger partial charge in [0.1, 0.15) is 0 Å². The van der Waals surface area contributed by atoms with E-state index in [1.807, 2.05) is 0 Å². The summed E-state index contributed by atoms with van der Waals surface area (Å²) in [6.45, 7) is 5.30. The van der Waals surface area contributed by atoms with Gasteiger partial charge >= 0.3 is 0 Å². The minimum Gasteiger partial charge on any atom is -0.313 e. The standard InChI is InChI=1S/C7H18N2O2S/c1-4-7(2)8-5-6-9-12(3,10)11/h7-9H,4-6H2,1-3H3. The Kier molecular flexibility index (Phi) is 5.44. The van der Waals surface area contributed by atoms with E-state index in [2.05, 4.69) is 23.9 Å². The minimum absolute atomic E-state index is 0.450. The van der Waals surface area contributed by atoms with Crippen molar-refractivity contribution in [2.24, 2.45) is 0 Å². The summed E-state index contributed by atoms with van der Waals surface area (Å²) in [4.78, 5) is 0. The zero-order chi connectivity index (χ0) is 9.61. The van der Waals surface area contributed by atoms with Crippen molar-refractivity contribution in [1.82, 2.24) is 10.0 Å². The van der Waals surface area contributed by atoms with Gasteiger partial charge in [-0.25, -0.2) is 13.1 Å². The van der Waals surface area contributed by atoms with E-state index in [0.717, 1.165) is 12.7 Å². The summed E-state index contributed by atoms with van der Waals surface area (Å²) in [7, 11) is -3.02. The normalized spacial score (nSPS) is 14.6. The molecule has 0 aromatic rings. The second-order valence-corrected chi connectivity index (χ2v) is 4.76. The SMILES string of the molecule is CCC(C)NCCNS(C)(=O)=O. The van der Waals surface area contributed by atoms with Crippen LogP contribution in [-0.4, -0.2) is 33.8 Å². The maximum atomic E-state index is 10.6. The van der Waals surface area contributed by atoms with Gasteiger partial charge in [0.05, 0.1) is 6.26 Å². The van der Waals surface area contributed by atoms with Crippen molar-refractivity contribution in [3.8, 4) is 0 Å². The molecule has 74 valence electrons. The van der Waals surface area contributed by atoms with Crippen molar-refractivity contribution >= 4 is 10.0 Å². The van der Waals surface area contributed by atoms with Crippen LogP contribution < -0.4 is 10.0 Å². The van der Waals surface area contributed by atoms with Gasteiger partial charge in [0.25, 0.3) is 0 Å². The summed E-state index contributed by atoms with van der Waals surface area (Å²) < 4.78 is 23.6. The van der Waals surface area contributed by atoms with Crippen LogP contribution in [0.5, 0.6) is 0 Å². The summed E-state index contributed by atoms with van der Waals surface area (Å²) in [5.41, 5.74) is 0. The molecule has 1 unspecified atom stereocenters. The molecule has 0 bridgehead atoms. The van der Waals surface area contributed by atoms with Crippen LogP contribution in [0.25, 0.3) is 0 Å². The summed E-state index contributed by atoms with van der Waals surface area (Å²) in [5.74, 6) is 0. The summed E-state index contributed by atoms with van der Waals surface area (Å²) in [6, 6.07) is 0.450. The lowest BCUT2D eigenvalue weighted by molar-refractivity contribution is 0.529. The van der Waals surface area contributed by atoms with Crippen molar-refractivity contribution in [2.75, 3.05) is 19.3 Å². The summed E-state index contributed by atoms with van der Waals surface area (Å²) in [5, 5.41) is 3.18. The smallest absolute Gasteiger partial charge is 0.208 e. The number of hydrogen-bond acceptors (Lipinski definition) is 3. The van der Waals surface area contributed by atoms with Gasteiger partial charge in [-0.05, 0) is 13.3 Å². The van der Waals surface area contributed by atoms with E-state index in [1.54, 1.807) is 0 Å². The Bertz CT molecular complexity index is 201. The van der Waals surface area contributed by atoms with Crippen LogP contribution in [0.15, 0.2) is 0 Å². The van der Waals surface area contributed by atoms with E-state index in [-0.39, 0.29) is 0 Å². The van der Waals surface area contributed by atoms with Gasteiger partial charge in [0.2, 0.25) is 10.0 Å². The number of nitrogens with one attached hydrogen (secondary N) is 2. The molecule has 0 aromatic heterocycles. The van der Waals surface area contributed by atoms with Gasteiger partial charge < -0.3 is 5.32 Å². The third-order valence-electron chi connectivity index (χ3n) is 1.59. The lowest BCUT2D eigenvalue weighted by atomic mass is 10.3. The Hall–Kier alpha value is -0.130. The van der Waals surface area contributed by atoms with Gasteiger partial charge in [-0.1, -0.05) is 6.92 Å². The van der Waals surface area contributed by atoms with E-state index in [9.17, 15) is 8.42 Å². The quantitative estimate of drug-likeness (QED) is 0.582. The molecule has 1 atom stereocenters. The largest absolute Gasteiger partial charge is 0.313 e. The third-order valence-corrected chi connectivity index (χ3v) is 2.32. The molecule has 0 heterocycles. The third kappa shape index (κ3) is 7.97. The average molecular weight is 194 g/mol. The van der Waals surface area contributed by atoms with Crippen molar-refractivity contribution < 1.29 is 8.42 Å². The predicted molar refractivity (Wildman–Crippen MR) is 50.6 cm³/mol. The lowest BCUT2D eigenvalue weighted by Gasteiger charge is -2.10. The van der Waals surface area contributed by atoms with Crippen LogP contribution in [0, 0.1) is 0 Å². The average Bonchev–Trinajstić information content (AvgIpc) is 1.96. The molecule has 0 saturated heterocycles. The van der Waals surface area contributed by atoms with Crippen LogP contribution in [0.1, 0.15) is 20.3 Å². The Labute approximate surface area is 74.8 Å². The molecular weight excluding hydrogens is 176 g/mol. The fourth-order valence-corrected chi connectivity index (χ4v) is 1.17. The fraction of sp³-hybridized carbons (Fsp3) is 1.00. The molecule has 0 radical (unpaired) electrons. The maximum absolute atomic E-state index is 10.6. The highest BCUT2D eigenvalue weighted by Crippen LogP contribution is 1.85. The highest BCUT2D eigenvalue weighted by Gasteiger charge is 1.99. The lowest BCUT2D eigenvalue weighted by Crippen LogP contribution is -2.34. The first kappa shape index (κ1) is 11.9. The van der Waals surface area contributed by atoms with E-state index < -0.39 is 10.0 Å². The molecule has 0 rings (SSSR count). The van der Waals surface area contributed by atoms with Crippen molar-refractivity contribution in [3.05, 3.63) is 0 Å². The molecule has 5 heteroatoms. The second kappa shape index (κ2) is 5.50. The Morgan fingerprint density at radius 1 is 1.33 bits per heavy atom. The molecule has 0 aliphatic rings. The van der Waals surface area contributed by atoms with Crippen LogP contribution in [0.3, 0.4) is 0 Å². The number of rotatable bonds is 6. The van der Waals surface area contributed by atoms with E-state index in [0.29, 0.717) is 19.1 Å². The molecule has 0 fully saturated rings. The second-order valence-electron chi connectivity index (χ2n) is 2.93. The van der Waals surface area contributed by atoms with E-state index in [4.69, 9.17) is 0 Å². The first-order valence-electron chi connectivity index (χ1n) is 4.13. The fourth-order valence-electron chi connectivity index (χ4n) is 0.699. The van der Waals surface area contributed by atoms with Crippen molar-refractivity contribution in [3.63, 3.8) is 0 Å². The first-order chi connectivity index (χ1) is 5.45. The highest BCUT2D eigenvalue weighted by atomic mass is 32.2. The van der Waals surface area contributed by atoms with Gasteiger partial charge in [-0.15, -0.1) is 0 Å². The molecule has 0 amide bonds. The van der Waals surface area contributed by atoms with Gasteiger partial charge in [-0.3, -0.25) is 0 Å². The maximum Gasteiger partial charge on any atom is 0.208 e. The van der Waals surface area contributed by atoms with Crippen LogP contribution in [0.2, 0.25) is 0 Å². The molecule has 0 saturated carbocycles. The number of hydrogen-bond donors (Lipinski definition) is 2. The molecule has 0 spiro atoms. The Balaban J connectivity index is 3.34. The van der Waals surface area contributed by atoms with Crippen LogP contribution in [0.4, 0.5) is 0 Å². The van der Waals surface area contributed by atoms with Gasteiger partial charge in [-0.2, -0.15) is 0 Å². The summed E-state index contributed by atoms with van der Waals surface area (Å²) in [6.07, 6.45) is 2.22. The van der Waals surface area contributed by atoms with Crippen molar-refractivity contribution in [1.29, 1.82) is 0 Å². The Morgan fingerprint density at radius 3 is 2.33 bits per heavy atom. The van der Waals surface area contributed by atoms with Crippen molar-refractivity contribution in [2.45, 2.75) is 26.3 Å².